The molecule has 0 aromatic carbocycles. The zero-order chi connectivity index (χ0) is 14.0. The zero-order valence-corrected chi connectivity index (χ0v) is 10.4. The van der Waals surface area contributed by atoms with Gasteiger partial charge in [0.05, 0.1) is 13.1 Å². The van der Waals surface area contributed by atoms with E-state index in [9.17, 15) is 9.59 Å². The van der Waals surface area contributed by atoms with Crippen molar-refractivity contribution in [2.75, 3.05) is 24.6 Å². The maximum absolute atomic E-state index is 11.2. The second-order valence-electron chi connectivity index (χ2n) is 4.58. The first-order chi connectivity index (χ1) is 8.91. The van der Waals surface area contributed by atoms with E-state index in [1.807, 2.05) is 0 Å². The third-order valence-corrected chi connectivity index (χ3v) is 2.81. The Labute approximate surface area is 109 Å². The molecule has 0 saturated carbocycles. The Kier molecular flexibility index (Phi) is 3.34. The number of amides is 1. The summed E-state index contributed by atoms with van der Waals surface area (Å²) in [4.78, 5) is 31.4. The van der Waals surface area contributed by atoms with Crippen molar-refractivity contribution in [1.82, 2.24) is 9.97 Å². The lowest BCUT2D eigenvalue weighted by Crippen LogP contribution is -2.62. The van der Waals surface area contributed by atoms with Crippen LogP contribution < -0.4 is 10.6 Å². The number of rotatable bonds is 5. The van der Waals surface area contributed by atoms with E-state index in [4.69, 9.17) is 15.6 Å². The number of nitrogens with zero attached hydrogens (tertiary/aromatic N) is 3. The summed E-state index contributed by atoms with van der Waals surface area (Å²) in [5.41, 5.74) is 4.76. The molecule has 1 fully saturated rings. The van der Waals surface area contributed by atoms with Crippen LogP contribution in [0.4, 0.5) is 5.82 Å². The fourth-order valence-electron chi connectivity index (χ4n) is 1.97. The molecule has 1 aromatic rings. The van der Waals surface area contributed by atoms with Gasteiger partial charge in [0.15, 0.2) is 11.5 Å². The molecule has 8 heteroatoms. The number of carbonyl (C=O) groups is 2. The van der Waals surface area contributed by atoms with Crippen LogP contribution in [0.15, 0.2) is 12.4 Å². The third kappa shape index (κ3) is 2.79. The van der Waals surface area contributed by atoms with Crippen molar-refractivity contribution in [1.29, 1.82) is 0 Å². The van der Waals surface area contributed by atoms with Gasteiger partial charge < -0.3 is 20.5 Å². The van der Waals surface area contributed by atoms with Gasteiger partial charge >= 0.3 is 5.97 Å². The molecule has 0 bridgehead atoms. The lowest BCUT2D eigenvalue weighted by molar-refractivity contribution is -0.150. The molecule has 3 N–H and O–H groups in total. The number of hydrogen-bond acceptors (Lipinski definition) is 6. The lowest BCUT2D eigenvalue weighted by atomic mass is 9.96. The van der Waals surface area contributed by atoms with E-state index in [2.05, 4.69) is 9.97 Å². The largest absolute Gasteiger partial charge is 0.480 e. The molecule has 0 radical (unpaired) electrons. The number of carbonyl (C=O) groups excluding carboxylic acids is 1. The molecule has 8 nitrogen and oxygen atoms in total. The van der Waals surface area contributed by atoms with E-state index in [-0.39, 0.29) is 12.3 Å². The number of aromatic nitrogens is 2. The summed E-state index contributed by atoms with van der Waals surface area (Å²) in [5, 5.41) is 8.57. The fraction of sp³-hybridized carbons (Fsp3) is 0.455. The minimum absolute atomic E-state index is 0.0998. The highest BCUT2D eigenvalue weighted by molar-refractivity contribution is 5.95. The van der Waals surface area contributed by atoms with Crippen LogP contribution in [-0.4, -0.2) is 52.2 Å². The Morgan fingerprint density at radius 3 is 2.68 bits per heavy atom. The number of nitrogens with two attached hydrogens (primary N) is 1. The Morgan fingerprint density at radius 1 is 1.47 bits per heavy atom. The molecule has 19 heavy (non-hydrogen) atoms. The second-order valence-corrected chi connectivity index (χ2v) is 4.58. The van der Waals surface area contributed by atoms with E-state index in [0.717, 1.165) is 0 Å². The molecule has 1 aliphatic rings. The Balaban J connectivity index is 2.04. The van der Waals surface area contributed by atoms with E-state index in [1.165, 1.54) is 12.4 Å². The van der Waals surface area contributed by atoms with E-state index >= 15 is 0 Å². The topological polar surface area (TPSA) is 119 Å². The highest BCUT2D eigenvalue weighted by Gasteiger charge is 2.42. The van der Waals surface area contributed by atoms with Crippen LogP contribution in [0, 0.1) is 0 Å². The van der Waals surface area contributed by atoms with Gasteiger partial charge in [0.2, 0.25) is 0 Å². The molecule has 1 aliphatic heterocycles. The Morgan fingerprint density at radius 2 is 2.11 bits per heavy atom. The quantitative estimate of drug-likeness (QED) is 0.720. The van der Waals surface area contributed by atoms with Gasteiger partial charge in [-0.2, -0.15) is 0 Å². The van der Waals surface area contributed by atoms with Crippen molar-refractivity contribution in [3.63, 3.8) is 0 Å². The highest BCUT2D eigenvalue weighted by Crippen LogP contribution is 2.30. The van der Waals surface area contributed by atoms with Crippen LogP contribution >= 0.6 is 0 Å². The summed E-state index contributed by atoms with van der Waals surface area (Å²) in [6, 6.07) is 0. The van der Waals surface area contributed by atoms with Gasteiger partial charge in [-0.3, -0.25) is 4.79 Å². The number of carboxylic acids is 1. The summed E-state index contributed by atoms with van der Waals surface area (Å²) in [6.45, 7) is 2.30. The number of anilines is 1. The molecule has 1 aromatic heterocycles. The van der Waals surface area contributed by atoms with Crippen molar-refractivity contribution in [3.8, 4) is 0 Å². The predicted octanol–water partition coefficient (Wildman–Crippen LogP) is -0.745. The molecule has 0 unspecified atom stereocenters. The number of carboxylic acid groups (broad SMARTS) is 1. The maximum Gasteiger partial charge on any atom is 0.329 e. The second kappa shape index (κ2) is 4.81. The first kappa shape index (κ1) is 13.2. The first-order valence-electron chi connectivity index (χ1n) is 5.63. The van der Waals surface area contributed by atoms with Crippen LogP contribution in [0.2, 0.25) is 0 Å². The lowest BCUT2D eigenvalue weighted by Gasteiger charge is -2.48. The van der Waals surface area contributed by atoms with Crippen molar-refractivity contribution in [3.05, 3.63) is 18.1 Å². The van der Waals surface area contributed by atoms with Crippen molar-refractivity contribution < 1.29 is 19.4 Å². The smallest absolute Gasteiger partial charge is 0.329 e. The molecule has 0 aliphatic carbocycles. The molecule has 1 saturated heterocycles. The van der Waals surface area contributed by atoms with Crippen LogP contribution in [0.25, 0.3) is 0 Å². The number of ether oxygens (including phenoxy) is 1. The van der Waals surface area contributed by atoms with Crippen LogP contribution in [0.1, 0.15) is 17.4 Å². The zero-order valence-electron chi connectivity index (χ0n) is 10.4. The monoisotopic (exact) mass is 266 g/mol. The van der Waals surface area contributed by atoms with Gasteiger partial charge in [0.1, 0.15) is 12.2 Å². The van der Waals surface area contributed by atoms with Crippen LogP contribution in [0.3, 0.4) is 0 Å². The van der Waals surface area contributed by atoms with E-state index in [0.29, 0.717) is 18.9 Å². The maximum atomic E-state index is 11.2. The summed E-state index contributed by atoms with van der Waals surface area (Å²) in [6.07, 6.45) is 2.86. The van der Waals surface area contributed by atoms with Gasteiger partial charge in [-0.25, -0.2) is 14.8 Å². The molecule has 102 valence electrons. The highest BCUT2D eigenvalue weighted by atomic mass is 16.5. The Bertz CT molecular complexity index is 513. The van der Waals surface area contributed by atoms with Gasteiger partial charge in [0.25, 0.3) is 5.91 Å². The predicted molar refractivity (Wildman–Crippen MR) is 64.8 cm³/mol. The van der Waals surface area contributed by atoms with Gasteiger partial charge in [0, 0.05) is 12.4 Å². The molecule has 0 atom stereocenters. The molecule has 2 rings (SSSR count). The Hall–Kier alpha value is -2.22. The van der Waals surface area contributed by atoms with Crippen molar-refractivity contribution in [2.45, 2.75) is 12.5 Å². The number of aliphatic carboxylic acids is 1. The molecule has 0 spiro atoms. The number of primary amides is 1. The standard InChI is InChI=1S/C11H14N4O4/c1-11(19-4-7(16)17)5-15(6-11)10-8(9(12)18)13-2-3-14-10/h2-3H,4-6H2,1H3,(H2,12,18)(H,16,17). The third-order valence-electron chi connectivity index (χ3n) is 2.81. The average Bonchev–Trinajstić information content (AvgIpc) is 2.33. The molecule has 1 amide bonds. The van der Waals surface area contributed by atoms with Crippen LogP contribution in [0.5, 0.6) is 0 Å². The molecular weight excluding hydrogens is 252 g/mol. The molecule has 2 heterocycles. The minimum atomic E-state index is -1.02. The average molecular weight is 266 g/mol. The molecular formula is C11H14N4O4. The van der Waals surface area contributed by atoms with E-state index < -0.39 is 17.5 Å². The first-order valence-corrected chi connectivity index (χ1v) is 5.63. The fourth-order valence-corrected chi connectivity index (χ4v) is 1.97. The van der Waals surface area contributed by atoms with Crippen molar-refractivity contribution >= 4 is 17.7 Å². The summed E-state index contributed by atoms with van der Waals surface area (Å²) in [5.74, 6) is -1.27. The van der Waals surface area contributed by atoms with Gasteiger partial charge in [-0.1, -0.05) is 0 Å². The normalized spacial score (nSPS) is 16.8. The van der Waals surface area contributed by atoms with Gasteiger partial charge in [-0.15, -0.1) is 0 Å². The van der Waals surface area contributed by atoms with E-state index in [1.54, 1.807) is 11.8 Å². The van der Waals surface area contributed by atoms with Crippen LogP contribution in [-0.2, 0) is 9.53 Å². The minimum Gasteiger partial charge on any atom is -0.480 e. The number of hydrogen-bond donors (Lipinski definition) is 2. The SMILES string of the molecule is CC1(OCC(=O)O)CN(c2nccnc2C(N)=O)C1. The summed E-state index contributed by atoms with van der Waals surface area (Å²) >= 11 is 0. The summed E-state index contributed by atoms with van der Waals surface area (Å²) < 4.78 is 5.27. The van der Waals surface area contributed by atoms with Gasteiger partial charge in [-0.05, 0) is 6.92 Å². The van der Waals surface area contributed by atoms with Crippen molar-refractivity contribution in [2.24, 2.45) is 5.73 Å². The summed E-state index contributed by atoms with van der Waals surface area (Å²) in [7, 11) is 0.